The van der Waals surface area contributed by atoms with Crippen LogP contribution in [0.2, 0.25) is 5.02 Å². The van der Waals surface area contributed by atoms with Crippen molar-refractivity contribution in [1.82, 2.24) is 4.98 Å². The lowest BCUT2D eigenvalue weighted by atomic mass is 10.1. The topological polar surface area (TPSA) is 130 Å². The van der Waals surface area contributed by atoms with Crippen LogP contribution in [0, 0.1) is 11.6 Å². The Morgan fingerprint density at radius 2 is 1.74 bits per heavy atom. The third-order valence-electron chi connectivity index (χ3n) is 4.06. The molecule has 0 aliphatic rings. The Labute approximate surface area is 179 Å². The normalized spacial score (nSPS) is 11.1. The average Bonchev–Trinajstić information content (AvgIpc) is 2.75. The molecular weight excluding hydrogens is 432 g/mol. The Morgan fingerprint density at radius 1 is 1.00 bits per heavy atom. The van der Waals surface area contributed by atoms with Crippen LogP contribution in [0.15, 0.2) is 59.9 Å². The van der Waals surface area contributed by atoms with Gasteiger partial charge in [0.15, 0.2) is 5.84 Å². The van der Waals surface area contributed by atoms with Gasteiger partial charge >= 0.3 is 0 Å². The molecule has 0 radical (unpaired) electrons. The molecule has 2 aromatic carbocycles. The van der Waals surface area contributed by atoms with Crippen LogP contribution in [0.25, 0.3) is 0 Å². The van der Waals surface area contributed by atoms with E-state index in [-0.39, 0.29) is 34.0 Å². The van der Waals surface area contributed by atoms with Crippen LogP contribution in [-0.2, 0) is 0 Å². The van der Waals surface area contributed by atoms with Crippen molar-refractivity contribution in [3.05, 3.63) is 88.1 Å². The third-order valence-corrected chi connectivity index (χ3v) is 4.28. The highest BCUT2D eigenvalue weighted by Crippen LogP contribution is 2.21. The highest BCUT2D eigenvalue weighted by Gasteiger charge is 2.19. The number of anilines is 2. The average molecular weight is 446 g/mol. The summed E-state index contributed by atoms with van der Waals surface area (Å²) in [5.74, 6) is -3.50. The van der Waals surface area contributed by atoms with Gasteiger partial charge in [0, 0.05) is 11.8 Å². The van der Waals surface area contributed by atoms with E-state index in [2.05, 4.69) is 20.8 Å². The molecule has 0 saturated heterocycles. The van der Waals surface area contributed by atoms with Crippen molar-refractivity contribution < 1.29 is 23.6 Å². The zero-order valence-corrected chi connectivity index (χ0v) is 16.3. The van der Waals surface area contributed by atoms with E-state index in [0.29, 0.717) is 5.02 Å². The van der Waals surface area contributed by atoms with Crippen LogP contribution in [0.1, 0.15) is 26.3 Å². The highest BCUT2D eigenvalue weighted by atomic mass is 35.5. The van der Waals surface area contributed by atoms with Crippen LogP contribution in [-0.4, -0.2) is 27.8 Å². The van der Waals surface area contributed by atoms with Gasteiger partial charge in [0.1, 0.15) is 17.5 Å². The van der Waals surface area contributed by atoms with Crippen LogP contribution < -0.4 is 16.4 Å². The number of amidine groups is 1. The lowest BCUT2D eigenvalue weighted by Crippen LogP contribution is -2.20. The van der Waals surface area contributed by atoms with Crippen molar-refractivity contribution in [2.45, 2.75) is 0 Å². The van der Waals surface area contributed by atoms with Gasteiger partial charge in [0.25, 0.3) is 11.8 Å². The molecule has 31 heavy (non-hydrogen) atoms. The second kappa shape index (κ2) is 9.18. The number of rotatable bonds is 5. The molecule has 0 spiro atoms. The molecule has 0 bridgehead atoms. The van der Waals surface area contributed by atoms with Gasteiger partial charge in [-0.2, -0.15) is 0 Å². The molecule has 5 N–H and O–H groups in total. The van der Waals surface area contributed by atoms with Crippen molar-refractivity contribution in [2.75, 3.05) is 10.6 Å². The molecule has 158 valence electrons. The second-order valence-electron chi connectivity index (χ2n) is 6.14. The van der Waals surface area contributed by atoms with Crippen LogP contribution in [0.4, 0.5) is 20.3 Å². The zero-order chi connectivity index (χ0) is 22.5. The van der Waals surface area contributed by atoms with Crippen LogP contribution >= 0.6 is 11.6 Å². The molecule has 0 unspecified atom stereocenters. The summed E-state index contributed by atoms with van der Waals surface area (Å²) in [6.07, 6.45) is 1.31. The van der Waals surface area contributed by atoms with E-state index in [4.69, 9.17) is 22.5 Å². The first-order chi connectivity index (χ1) is 14.8. The summed E-state index contributed by atoms with van der Waals surface area (Å²) in [7, 11) is 0. The molecule has 0 saturated carbocycles. The predicted molar refractivity (Wildman–Crippen MR) is 110 cm³/mol. The molecule has 1 aromatic heterocycles. The Balaban J connectivity index is 1.86. The van der Waals surface area contributed by atoms with Gasteiger partial charge < -0.3 is 21.6 Å². The molecule has 1 heterocycles. The maximum absolute atomic E-state index is 14.3. The molecule has 0 fully saturated rings. The van der Waals surface area contributed by atoms with E-state index >= 15 is 0 Å². The fraction of sp³-hybridized carbons (Fsp3) is 0. The van der Waals surface area contributed by atoms with Gasteiger partial charge in [-0.05, 0) is 42.5 Å². The van der Waals surface area contributed by atoms with E-state index in [1.54, 1.807) is 0 Å². The summed E-state index contributed by atoms with van der Waals surface area (Å²) in [6, 6.07) is 9.36. The number of hydrogen-bond donors (Lipinski definition) is 4. The van der Waals surface area contributed by atoms with Gasteiger partial charge in [-0.3, -0.25) is 9.59 Å². The first kappa shape index (κ1) is 21.7. The summed E-state index contributed by atoms with van der Waals surface area (Å²) in [5, 5.41) is 16.6. The first-order valence-electron chi connectivity index (χ1n) is 8.59. The number of nitrogens with two attached hydrogens (primary N) is 1. The maximum atomic E-state index is 14.3. The summed E-state index contributed by atoms with van der Waals surface area (Å²) >= 11 is 5.75. The molecule has 0 aliphatic heterocycles. The Hall–Kier alpha value is -4.05. The third kappa shape index (κ3) is 5.11. The number of carbonyl (C=O) groups excluding carboxylic acids is 2. The number of amides is 2. The fourth-order valence-corrected chi connectivity index (χ4v) is 2.66. The number of oxime groups is 1. The van der Waals surface area contributed by atoms with Gasteiger partial charge in [-0.15, -0.1) is 0 Å². The van der Waals surface area contributed by atoms with Crippen LogP contribution in [0.5, 0.6) is 0 Å². The van der Waals surface area contributed by atoms with Crippen molar-refractivity contribution in [3.63, 3.8) is 0 Å². The van der Waals surface area contributed by atoms with Gasteiger partial charge in [0.05, 0.1) is 21.8 Å². The number of pyridine rings is 1. The molecular formula is C20H14ClF2N5O3. The molecule has 8 nitrogen and oxygen atoms in total. The highest BCUT2D eigenvalue weighted by molar-refractivity contribution is 6.30. The number of halogens is 3. The van der Waals surface area contributed by atoms with Crippen molar-refractivity contribution in [1.29, 1.82) is 0 Å². The molecule has 11 heteroatoms. The number of aromatic nitrogens is 1. The number of nitrogens with zero attached hydrogens (tertiary/aromatic N) is 2. The lowest BCUT2D eigenvalue weighted by molar-refractivity contribution is 0.102. The SMILES string of the molecule is N/C(=N/O)c1ccc(C(=O)Nc2ccc(F)cc2C(=O)Nc2ccc(Cl)cn2)c(F)c1. The van der Waals surface area contributed by atoms with Crippen molar-refractivity contribution >= 4 is 40.8 Å². The first-order valence-corrected chi connectivity index (χ1v) is 8.97. The summed E-state index contributed by atoms with van der Waals surface area (Å²) in [4.78, 5) is 29.0. The van der Waals surface area contributed by atoms with E-state index in [0.717, 1.165) is 24.3 Å². The Kier molecular flexibility index (Phi) is 6.41. The van der Waals surface area contributed by atoms with Gasteiger partial charge in [0.2, 0.25) is 0 Å². The molecule has 3 aromatic rings. The minimum Gasteiger partial charge on any atom is -0.409 e. The van der Waals surface area contributed by atoms with E-state index in [9.17, 15) is 18.4 Å². The number of hydrogen-bond acceptors (Lipinski definition) is 5. The molecule has 0 aliphatic carbocycles. The van der Waals surface area contributed by atoms with Crippen molar-refractivity contribution in [3.8, 4) is 0 Å². The van der Waals surface area contributed by atoms with E-state index in [1.807, 2.05) is 0 Å². The predicted octanol–water partition coefficient (Wildman–Crippen LogP) is 3.61. The lowest BCUT2D eigenvalue weighted by Gasteiger charge is -2.12. The number of benzene rings is 2. The quantitative estimate of drug-likeness (QED) is 0.206. The van der Waals surface area contributed by atoms with Gasteiger partial charge in [-0.1, -0.05) is 22.8 Å². The second-order valence-corrected chi connectivity index (χ2v) is 6.58. The molecule has 0 atom stereocenters. The molecule has 3 rings (SSSR count). The summed E-state index contributed by atoms with van der Waals surface area (Å²) in [6.45, 7) is 0. The fourth-order valence-electron chi connectivity index (χ4n) is 2.55. The summed E-state index contributed by atoms with van der Waals surface area (Å²) < 4.78 is 28.1. The Bertz CT molecular complexity index is 1190. The standard InChI is InChI=1S/C20H14ClF2N5O3/c21-11-2-6-17(25-9-11)27-20(30)14-8-12(22)3-5-16(14)26-19(29)13-4-1-10(7-15(13)23)18(24)28-31/h1-9,31H,(H2,24,28)(H,26,29)(H,25,27,30). The van der Waals surface area contributed by atoms with Crippen LogP contribution in [0.3, 0.4) is 0 Å². The Morgan fingerprint density at radius 3 is 2.39 bits per heavy atom. The minimum absolute atomic E-state index is 0.0576. The van der Waals surface area contributed by atoms with E-state index in [1.165, 1.54) is 30.5 Å². The van der Waals surface area contributed by atoms with Crippen molar-refractivity contribution in [2.24, 2.45) is 10.9 Å². The number of carbonyl (C=O) groups is 2. The maximum Gasteiger partial charge on any atom is 0.259 e. The molecule has 2 amide bonds. The van der Waals surface area contributed by atoms with Gasteiger partial charge in [-0.25, -0.2) is 13.8 Å². The number of nitrogens with one attached hydrogen (secondary N) is 2. The largest absolute Gasteiger partial charge is 0.409 e. The monoisotopic (exact) mass is 445 g/mol. The summed E-state index contributed by atoms with van der Waals surface area (Å²) in [5.41, 5.74) is 4.82. The van der Waals surface area contributed by atoms with E-state index < -0.39 is 23.4 Å². The zero-order valence-electron chi connectivity index (χ0n) is 15.6. The smallest absolute Gasteiger partial charge is 0.259 e. The minimum atomic E-state index is -0.944.